The summed E-state index contributed by atoms with van der Waals surface area (Å²) >= 11 is 0. The van der Waals surface area contributed by atoms with Crippen LogP contribution in [-0.4, -0.2) is 41.5 Å². The zero-order chi connectivity index (χ0) is 21.7. The molecule has 2 rings (SSSR count). The minimum absolute atomic E-state index is 0.160. The fourth-order valence-corrected chi connectivity index (χ4v) is 2.50. The Labute approximate surface area is 165 Å². The number of carbonyl (C=O) groups is 2. The molecule has 0 fully saturated rings. The van der Waals surface area contributed by atoms with Crippen molar-refractivity contribution in [3.63, 3.8) is 0 Å². The third-order valence-electron chi connectivity index (χ3n) is 3.94. The second kappa shape index (κ2) is 8.93. The summed E-state index contributed by atoms with van der Waals surface area (Å²) < 4.78 is 41.9. The number of nitrogens with zero attached hydrogens (tertiary/aromatic N) is 2. The van der Waals surface area contributed by atoms with Crippen LogP contribution in [0.1, 0.15) is 37.6 Å². The molecule has 0 bridgehead atoms. The van der Waals surface area contributed by atoms with Gasteiger partial charge >= 0.3 is 6.18 Å². The molecule has 0 aliphatic carbocycles. The van der Waals surface area contributed by atoms with Gasteiger partial charge in [0, 0.05) is 30.6 Å². The van der Waals surface area contributed by atoms with E-state index in [1.165, 1.54) is 24.7 Å². The molecule has 0 saturated heterocycles. The Kier molecular flexibility index (Phi) is 6.83. The van der Waals surface area contributed by atoms with Crippen molar-refractivity contribution in [3.8, 4) is 5.88 Å². The van der Waals surface area contributed by atoms with Crippen LogP contribution in [0.4, 0.5) is 13.2 Å². The van der Waals surface area contributed by atoms with E-state index in [2.05, 4.69) is 25.9 Å². The molecule has 1 aromatic rings. The maximum Gasteiger partial charge on any atom is 0.422 e. The molecule has 2 heterocycles. The molecule has 1 aromatic heterocycles. The quantitative estimate of drug-likeness (QED) is 0.633. The van der Waals surface area contributed by atoms with Crippen LogP contribution in [0.25, 0.3) is 0 Å². The van der Waals surface area contributed by atoms with E-state index in [1.807, 2.05) is 0 Å². The lowest BCUT2D eigenvalue weighted by molar-refractivity contribution is -0.154. The zero-order valence-corrected chi connectivity index (χ0v) is 16.1. The SMILES string of the molecule is CCC(=O)NC1(C(=O)NC(C)c2cc(C)nc(OCC(F)(F)F)c2)C=NC=CN1. The highest BCUT2D eigenvalue weighted by atomic mass is 19.4. The summed E-state index contributed by atoms with van der Waals surface area (Å²) in [6, 6.07) is 2.32. The van der Waals surface area contributed by atoms with Crippen LogP contribution < -0.4 is 20.7 Å². The fourth-order valence-electron chi connectivity index (χ4n) is 2.50. The number of hydrogen-bond donors (Lipinski definition) is 3. The molecule has 2 atom stereocenters. The van der Waals surface area contributed by atoms with Crippen LogP contribution in [0.15, 0.2) is 29.5 Å². The monoisotopic (exact) mass is 413 g/mol. The highest BCUT2D eigenvalue weighted by molar-refractivity contribution is 6.06. The van der Waals surface area contributed by atoms with Gasteiger partial charge in [-0.25, -0.2) is 4.98 Å². The maximum atomic E-state index is 12.9. The molecule has 1 aliphatic heterocycles. The van der Waals surface area contributed by atoms with Crippen molar-refractivity contribution in [2.75, 3.05) is 6.61 Å². The van der Waals surface area contributed by atoms with Crippen LogP contribution in [0.5, 0.6) is 5.88 Å². The van der Waals surface area contributed by atoms with Gasteiger partial charge in [-0.1, -0.05) is 6.92 Å². The lowest BCUT2D eigenvalue weighted by atomic mass is 10.1. The highest BCUT2D eigenvalue weighted by Gasteiger charge is 2.39. The van der Waals surface area contributed by atoms with Gasteiger partial charge in [0.2, 0.25) is 17.5 Å². The Bertz CT molecular complexity index is 825. The number of aromatic nitrogens is 1. The minimum Gasteiger partial charge on any atom is -0.468 e. The van der Waals surface area contributed by atoms with E-state index in [0.717, 1.165) is 0 Å². The number of amides is 2. The number of rotatable bonds is 7. The first kappa shape index (κ1) is 22.2. The summed E-state index contributed by atoms with van der Waals surface area (Å²) in [6.07, 6.45) is -0.232. The highest BCUT2D eigenvalue weighted by Crippen LogP contribution is 2.22. The van der Waals surface area contributed by atoms with E-state index in [1.54, 1.807) is 26.8 Å². The average molecular weight is 413 g/mol. The standard InChI is InChI=1S/C18H22F3N5O3/c1-4-14(27)26-17(9-22-5-6-23-17)16(28)25-12(3)13-7-11(2)24-15(8-13)29-10-18(19,20)21/h5-9,12,23H,4,10H2,1-3H3,(H,25,28)(H,26,27). The van der Waals surface area contributed by atoms with Gasteiger partial charge in [0.25, 0.3) is 5.91 Å². The largest absolute Gasteiger partial charge is 0.468 e. The molecular weight excluding hydrogens is 391 g/mol. The molecule has 0 saturated carbocycles. The first-order valence-electron chi connectivity index (χ1n) is 8.82. The zero-order valence-electron chi connectivity index (χ0n) is 16.1. The number of pyridine rings is 1. The summed E-state index contributed by atoms with van der Waals surface area (Å²) in [5, 5.41) is 8.07. The Morgan fingerprint density at radius 2 is 2.07 bits per heavy atom. The van der Waals surface area contributed by atoms with Crippen molar-refractivity contribution in [2.24, 2.45) is 4.99 Å². The number of aliphatic imine (C=N–C) groups is 1. The second-order valence-corrected chi connectivity index (χ2v) is 6.43. The van der Waals surface area contributed by atoms with Gasteiger partial charge < -0.3 is 20.7 Å². The topological polar surface area (TPSA) is 105 Å². The predicted octanol–water partition coefficient (Wildman–Crippen LogP) is 1.88. The number of alkyl halides is 3. The van der Waals surface area contributed by atoms with Gasteiger partial charge in [-0.15, -0.1) is 0 Å². The molecule has 2 unspecified atom stereocenters. The van der Waals surface area contributed by atoms with Crippen LogP contribution in [-0.2, 0) is 9.59 Å². The average Bonchev–Trinajstić information content (AvgIpc) is 2.66. The molecule has 11 heteroatoms. The van der Waals surface area contributed by atoms with Gasteiger partial charge in [-0.05, 0) is 25.5 Å². The number of nitrogens with one attached hydrogen (secondary N) is 3. The molecular formula is C18H22F3N5O3. The number of aryl methyl sites for hydroxylation is 1. The molecule has 2 amide bonds. The van der Waals surface area contributed by atoms with Crippen molar-refractivity contribution in [1.82, 2.24) is 20.9 Å². The van der Waals surface area contributed by atoms with Gasteiger partial charge in [0.05, 0.1) is 12.3 Å². The number of carbonyl (C=O) groups excluding carboxylic acids is 2. The molecule has 0 radical (unpaired) electrons. The Balaban J connectivity index is 2.17. The lowest BCUT2D eigenvalue weighted by Crippen LogP contribution is -2.67. The minimum atomic E-state index is -4.49. The van der Waals surface area contributed by atoms with E-state index in [-0.39, 0.29) is 18.2 Å². The van der Waals surface area contributed by atoms with E-state index < -0.39 is 30.4 Å². The molecule has 29 heavy (non-hydrogen) atoms. The van der Waals surface area contributed by atoms with Crippen molar-refractivity contribution < 1.29 is 27.5 Å². The molecule has 3 N–H and O–H groups in total. The van der Waals surface area contributed by atoms with Gasteiger partial charge in [0.15, 0.2) is 6.61 Å². The first-order valence-corrected chi connectivity index (χ1v) is 8.82. The summed E-state index contributed by atoms with van der Waals surface area (Å²) in [7, 11) is 0. The third kappa shape index (κ3) is 6.19. The molecule has 8 nitrogen and oxygen atoms in total. The van der Waals surface area contributed by atoms with Crippen molar-refractivity contribution in [3.05, 3.63) is 35.8 Å². The Morgan fingerprint density at radius 3 is 2.66 bits per heavy atom. The van der Waals surface area contributed by atoms with Crippen LogP contribution in [0.3, 0.4) is 0 Å². The van der Waals surface area contributed by atoms with Gasteiger partial charge in [0.1, 0.15) is 0 Å². The fraction of sp³-hybridized carbons (Fsp3) is 0.444. The summed E-state index contributed by atoms with van der Waals surface area (Å²) in [4.78, 5) is 32.6. The first-order chi connectivity index (χ1) is 13.5. The maximum absolute atomic E-state index is 12.9. The Hall–Kier alpha value is -3.11. The van der Waals surface area contributed by atoms with Crippen molar-refractivity contribution in [1.29, 1.82) is 0 Å². The normalized spacial score (nSPS) is 19.2. The smallest absolute Gasteiger partial charge is 0.422 e. The molecule has 1 aliphatic rings. The van der Waals surface area contributed by atoms with Crippen LogP contribution >= 0.6 is 0 Å². The van der Waals surface area contributed by atoms with Gasteiger partial charge in [-0.3, -0.25) is 14.6 Å². The summed E-state index contributed by atoms with van der Waals surface area (Å²) in [6.45, 7) is 3.41. The van der Waals surface area contributed by atoms with E-state index in [4.69, 9.17) is 4.74 Å². The molecule has 158 valence electrons. The van der Waals surface area contributed by atoms with Crippen LogP contribution in [0, 0.1) is 6.92 Å². The van der Waals surface area contributed by atoms with Crippen LogP contribution in [0.2, 0.25) is 0 Å². The van der Waals surface area contributed by atoms with Crippen molar-refractivity contribution in [2.45, 2.75) is 45.1 Å². The Morgan fingerprint density at radius 1 is 1.34 bits per heavy atom. The number of hydrogen-bond acceptors (Lipinski definition) is 6. The number of halogens is 3. The lowest BCUT2D eigenvalue weighted by Gasteiger charge is -2.32. The van der Waals surface area contributed by atoms with Crippen molar-refractivity contribution >= 4 is 18.0 Å². The van der Waals surface area contributed by atoms with E-state index in [9.17, 15) is 22.8 Å². The van der Waals surface area contributed by atoms with Gasteiger partial charge in [-0.2, -0.15) is 13.2 Å². The summed E-state index contributed by atoms with van der Waals surface area (Å²) in [5.74, 6) is -1.16. The molecule has 0 aromatic carbocycles. The summed E-state index contributed by atoms with van der Waals surface area (Å²) in [5.41, 5.74) is -0.660. The second-order valence-electron chi connectivity index (χ2n) is 6.43. The molecule has 0 spiro atoms. The third-order valence-corrected chi connectivity index (χ3v) is 3.94. The number of ether oxygens (including phenoxy) is 1. The van der Waals surface area contributed by atoms with E-state index >= 15 is 0 Å². The predicted molar refractivity (Wildman–Crippen MR) is 99.0 cm³/mol. The van der Waals surface area contributed by atoms with E-state index in [0.29, 0.717) is 11.3 Å².